The van der Waals surface area contributed by atoms with Crippen LogP contribution in [0.3, 0.4) is 0 Å². The Morgan fingerprint density at radius 3 is 2.79 bits per heavy atom. The van der Waals surface area contributed by atoms with Crippen LogP contribution >= 0.6 is 11.8 Å². The zero-order valence-electron chi connectivity index (χ0n) is 10.2. The summed E-state index contributed by atoms with van der Waals surface area (Å²) in [5.74, 6) is -0.437. The van der Waals surface area contributed by atoms with Crippen LogP contribution < -0.4 is 4.57 Å². The third kappa shape index (κ3) is 2.12. The van der Waals surface area contributed by atoms with E-state index in [9.17, 15) is 14.7 Å². The van der Waals surface area contributed by atoms with E-state index in [2.05, 4.69) is 0 Å². The highest BCUT2D eigenvalue weighted by atomic mass is 32.2. The number of aromatic nitrogens is 1. The van der Waals surface area contributed by atoms with Gasteiger partial charge < -0.3 is 5.11 Å². The van der Waals surface area contributed by atoms with Crippen molar-refractivity contribution in [3.8, 4) is 0 Å². The molecule has 1 saturated heterocycles. The molecule has 2 aliphatic rings. The van der Waals surface area contributed by atoms with Gasteiger partial charge in [0.05, 0.1) is 11.8 Å². The van der Waals surface area contributed by atoms with E-state index in [4.69, 9.17) is 0 Å². The van der Waals surface area contributed by atoms with Crippen molar-refractivity contribution in [1.82, 2.24) is 4.90 Å². The first-order valence-corrected chi connectivity index (χ1v) is 7.05. The number of hydrogen-bond acceptors (Lipinski definition) is 3. The second-order valence-corrected chi connectivity index (χ2v) is 5.70. The molecular weight excluding hydrogens is 264 g/mol. The molecule has 19 heavy (non-hydrogen) atoms. The summed E-state index contributed by atoms with van der Waals surface area (Å²) in [5, 5.41) is 9.37. The summed E-state index contributed by atoms with van der Waals surface area (Å²) < 4.78 is 1.92. The Balaban J connectivity index is 1.94. The molecule has 0 radical (unpaired) electrons. The number of rotatable bonds is 3. The SMILES string of the molecule is O=C(O)C1=C(C[n+]2ccccc2)CS[C@@H]2CC(=O)N12. The minimum Gasteiger partial charge on any atom is -0.477 e. The van der Waals surface area contributed by atoms with E-state index < -0.39 is 5.97 Å². The summed E-state index contributed by atoms with van der Waals surface area (Å²) >= 11 is 1.64. The third-order valence-electron chi connectivity index (χ3n) is 3.28. The zero-order valence-corrected chi connectivity index (χ0v) is 11.0. The Morgan fingerprint density at radius 1 is 1.42 bits per heavy atom. The number of β-lactam (4-membered cyclic amide) rings is 1. The van der Waals surface area contributed by atoms with Crippen molar-refractivity contribution in [1.29, 1.82) is 0 Å². The van der Waals surface area contributed by atoms with E-state index in [1.54, 1.807) is 11.8 Å². The molecule has 1 N–H and O–H groups in total. The normalized spacial score (nSPS) is 22.0. The Kier molecular flexibility index (Phi) is 3.02. The molecule has 5 nitrogen and oxygen atoms in total. The molecule has 98 valence electrons. The minimum atomic E-state index is -1.01. The Hall–Kier alpha value is -1.82. The first-order chi connectivity index (χ1) is 9.16. The number of carbonyl (C=O) groups excluding carboxylic acids is 1. The van der Waals surface area contributed by atoms with Crippen LogP contribution in [0.2, 0.25) is 0 Å². The van der Waals surface area contributed by atoms with Crippen LogP contribution in [0.5, 0.6) is 0 Å². The highest BCUT2D eigenvalue weighted by Crippen LogP contribution is 2.39. The molecule has 0 aromatic carbocycles. The highest BCUT2D eigenvalue weighted by Gasteiger charge is 2.45. The van der Waals surface area contributed by atoms with Crippen LogP contribution in [0.4, 0.5) is 0 Å². The van der Waals surface area contributed by atoms with E-state index >= 15 is 0 Å². The molecule has 6 heteroatoms. The van der Waals surface area contributed by atoms with Crippen LogP contribution in [0, 0.1) is 0 Å². The van der Waals surface area contributed by atoms with Gasteiger partial charge in [0.15, 0.2) is 18.9 Å². The predicted octanol–water partition coefficient (Wildman–Crippen LogP) is 0.618. The summed E-state index contributed by atoms with van der Waals surface area (Å²) in [5.41, 5.74) is 0.967. The van der Waals surface area contributed by atoms with Gasteiger partial charge in [0, 0.05) is 23.5 Å². The van der Waals surface area contributed by atoms with E-state index in [-0.39, 0.29) is 17.0 Å². The molecule has 3 rings (SSSR count). The molecule has 1 aromatic heterocycles. The topological polar surface area (TPSA) is 61.5 Å². The second-order valence-electron chi connectivity index (χ2n) is 4.54. The quantitative estimate of drug-likeness (QED) is 0.650. The average Bonchev–Trinajstić information content (AvgIpc) is 2.39. The molecule has 1 fully saturated rings. The first-order valence-electron chi connectivity index (χ1n) is 6.00. The summed E-state index contributed by atoms with van der Waals surface area (Å²) in [6.45, 7) is 0.506. The van der Waals surface area contributed by atoms with Gasteiger partial charge in [0.25, 0.3) is 0 Å². The number of aliphatic carboxylic acids is 1. The average molecular weight is 277 g/mol. The Bertz CT molecular complexity index is 571. The minimum absolute atomic E-state index is 0.0168. The zero-order chi connectivity index (χ0) is 13.4. The predicted molar refractivity (Wildman–Crippen MR) is 69.0 cm³/mol. The van der Waals surface area contributed by atoms with Crippen molar-refractivity contribution >= 4 is 23.6 Å². The maximum Gasteiger partial charge on any atom is 0.352 e. The van der Waals surface area contributed by atoms with Crippen molar-refractivity contribution in [2.45, 2.75) is 18.3 Å². The van der Waals surface area contributed by atoms with Gasteiger partial charge in [-0.3, -0.25) is 9.69 Å². The molecule has 0 unspecified atom stereocenters. The van der Waals surface area contributed by atoms with Crippen LogP contribution in [0.1, 0.15) is 6.42 Å². The van der Waals surface area contributed by atoms with Crippen molar-refractivity contribution in [3.63, 3.8) is 0 Å². The maximum absolute atomic E-state index is 11.6. The fraction of sp³-hybridized carbons (Fsp3) is 0.308. The molecular formula is C13H13N2O3S+. The summed E-state index contributed by atoms with van der Waals surface area (Å²) in [6.07, 6.45) is 4.23. The van der Waals surface area contributed by atoms with Crippen molar-refractivity contribution < 1.29 is 19.3 Å². The number of hydrogen-bond donors (Lipinski definition) is 1. The lowest BCUT2D eigenvalue weighted by molar-refractivity contribution is -0.689. The molecule has 0 spiro atoms. The van der Waals surface area contributed by atoms with Gasteiger partial charge in [-0.15, -0.1) is 11.8 Å². The third-order valence-corrected chi connectivity index (χ3v) is 4.56. The van der Waals surface area contributed by atoms with E-state index in [1.165, 1.54) is 4.90 Å². The summed E-state index contributed by atoms with van der Waals surface area (Å²) in [7, 11) is 0. The monoisotopic (exact) mass is 277 g/mol. The van der Waals surface area contributed by atoms with E-state index in [0.29, 0.717) is 18.7 Å². The maximum atomic E-state index is 11.6. The fourth-order valence-corrected chi connectivity index (χ4v) is 3.61. The van der Waals surface area contributed by atoms with Crippen LogP contribution in [-0.4, -0.2) is 33.0 Å². The van der Waals surface area contributed by atoms with Gasteiger partial charge in [-0.25, -0.2) is 9.36 Å². The number of amides is 1. The number of carboxylic acid groups (broad SMARTS) is 1. The van der Waals surface area contributed by atoms with Crippen molar-refractivity contribution in [3.05, 3.63) is 41.9 Å². The van der Waals surface area contributed by atoms with Gasteiger partial charge in [0.2, 0.25) is 5.91 Å². The van der Waals surface area contributed by atoms with Gasteiger partial charge in [0.1, 0.15) is 5.70 Å². The van der Waals surface area contributed by atoms with Gasteiger partial charge in [-0.1, -0.05) is 6.07 Å². The lowest BCUT2D eigenvalue weighted by Crippen LogP contribution is -2.54. The first kappa shape index (κ1) is 12.2. The molecule has 1 aromatic rings. The number of nitrogens with zero attached hydrogens (tertiary/aromatic N) is 2. The lowest BCUT2D eigenvalue weighted by atomic mass is 10.1. The molecule has 3 heterocycles. The van der Waals surface area contributed by atoms with Crippen LogP contribution in [0.25, 0.3) is 0 Å². The number of pyridine rings is 1. The fourth-order valence-electron chi connectivity index (χ4n) is 2.36. The number of thioether (sulfide) groups is 1. The van der Waals surface area contributed by atoms with Gasteiger partial charge in [-0.05, 0) is 0 Å². The Morgan fingerprint density at radius 2 is 2.16 bits per heavy atom. The Labute approximate surface area is 114 Å². The largest absolute Gasteiger partial charge is 0.477 e. The smallest absolute Gasteiger partial charge is 0.352 e. The number of carbonyl (C=O) groups is 2. The molecule has 1 atom stereocenters. The standard InChI is InChI=1S/C13H12N2O3S/c16-10-6-11-15(10)12(13(17)18)9(8-19-11)7-14-4-2-1-3-5-14/h1-5,11H,6-8H2/p+1/t11-/m1/s1. The summed E-state index contributed by atoms with van der Waals surface area (Å²) in [6, 6.07) is 5.71. The van der Waals surface area contributed by atoms with Crippen molar-refractivity contribution in [2.75, 3.05) is 5.75 Å². The van der Waals surface area contributed by atoms with Gasteiger partial charge >= 0.3 is 5.97 Å². The van der Waals surface area contributed by atoms with Crippen LogP contribution in [0.15, 0.2) is 41.9 Å². The van der Waals surface area contributed by atoms with E-state index in [0.717, 1.165) is 5.57 Å². The van der Waals surface area contributed by atoms with Gasteiger partial charge in [-0.2, -0.15) is 0 Å². The second kappa shape index (κ2) is 4.70. The molecule has 0 bridgehead atoms. The molecule has 1 amide bonds. The number of carboxylic acids is 1. The molecule has 0 saturated carbocycles. The van der Waals surface area contributed by atoms with E-state index in [1.807, 2.05) is 35.2 Å². The van der Waals surface area contributed by atoms with Crippen LogP contribution in [-0.2, 0) is 16.1 Å². The summed E-state index contributed by atoms with van der Waals surface area (Å²) in [4.78, 5) is 24.4. The molecule has 2 aliphatic heterocycles. The van der Waals surface area contributed by atoms with Crippen molar-refractivity contribution in [2.24, 2.45) is 0 Å². The molecule has 0 aliphatic carbocycles. The number of fused-ring (bicyclic) bond motifs is 1. The highest BCUT2D eigenvalue weighted by molar-refractivity contribution is 8.00. The lowest BCUT2D eigenvalue weighted by Gasteiger charge is -2.43.